The molecule has 0 atom stereocenters. The van der Waals surface area contributed by atoms with Crippen LogP contribution in [0.1, 0.15) is 28.2 Å². The lowest BCUT2D eigenvalue weighted by molar-refractivity contribution is -0.136. The topological polar surface area (TPSA) is 67.3 Å². The molecule has 0 amide bonds. The number of allylic oxidation sites excluding steroid dienone is 1. The predicted molar refractivity (Wildman–Crippen MR) is 58.4 cm³/mol. The molecule has 1 aliphatic rings. The Morgan fingerprint density at radius 1 is 1.50 bits per heavy atom. The smallest absolute Gasteiger partial charge is 0.309 e. The van der Waals surface area contributed by atoms with Crippen LogP contribution in [0.2, 0.25) is 0 Å². The summed E-state index contributed by atoms with van der Waals surface area (Å²) in [7, 11) is 0. The van der Waals surface area contributed by atoms with Gasteiger partial charge in [0.15, 0.2) is 5.78 Å². The third-order valence-corrected chi connectivity index (χ3v) is 2.63. The first-order valence-electron chi connectivity index (χ1n) is 4.69. The molecule has 0 unspecified atom stereocenters. The van der Waals surface area contributed by atoms with E-state index < -0.39 is 5.97 Å². The Kier molecular flexibility index (Phi) is 2.75. The van der Waals surface area contributed by atoms with Crippen LogP contribution >= 0.6 is 11.6 Å². The van der Waals surface area contributed by atoms with Crippen LogP contribution in [0.15, 0.2) is 18.2 Å². The van der Waals surface area contributed by atoms with Crippen LogP contribution in [0.3, 0.4) is 0 Å². The van der Waals surface area contributed by atoms with Gasteiger partial charge in [0.05, 0.1) is 12.1 Å². The lowest BCUT2D eigenvalue weighted by Gasteiger charge is -2.12. The summed E-state index contributed by atoms with van der Waals surface area (Å²) >= 11 is 5.92. The maximum Gasteiger partial charge on any atom is 0.309 e. The molecule has 0 aromatic carbocycles. The van der Waals surface area contributed by atoms with Crippen molar-refractivity contribution in [2.24, 2.45) is 0 Å². The SMILES string of the molecule is O=C(O)Cc1ccc2c(n1)C(=O)CC=C2Cl. The molecular formula is C11H8ClNO3. The number of carbonyl (C=O) groups excluding carboxylic acids is 1. The van der Waals surface area contributed by atoms with E-state index in [4.69, 9.17) is 16.7 Å². The van der Waals surface area contributed by atoms with Crippen molar-refractivity contribution in [3.8, 4) is 0 Å². The second-order valence-electron chi connectivity index (χ2n) is 3.45. The molecule has 1 aromatic rings. The fourth-order valence-corrected chi connectivity index (χ4v) is 1.78. The van der Waals surface area contributed by atoms with E-state index in [1.54, 1.807) is 18.2 Å². The average molecular weight is 238 g/mol. The molecule has 1 N–H and O–H groups in total. The molecule has 82 valence electrons. The van der Waals surface area contributed by atoms with Gasteiger partial charge in [0.2, 0.25) is 0 Å². The van der Waals surface area contributed by atoms with Gasteiger partial charge in [-0.2, -0.15) is 0 Å². The van der Waals surface area contributed by atoms with Crippen molar-refractivity contribution in [2.45, 2.75) is 12.8 Å². The van der Waals surface area contributed by atoms with E-state index in [2.05, 4.69) is 4.98 Å². The largest absolute Gasteiger partial charge is 0.481 e. The fourth-order valence-electron chi connectivity index (χ4n) is 1.55. The number of ketones is 1. The van der Waals surface area contributed by atoms with Gasteiger partial charge in [0.1, 0.15) is 5.69 Å². The minimum atomic E-state index is -0.975. The van der Waals surface area contributed by atoms with Gasteiger partial charge < -0.3 is 5.11 Å². The maximum atomic E-state index is 11.6. The van der Waals surface area contributed by atoms with Gasteiger partial charge in [-0.1, -0.05) is 17.7 Å². The number of Topliss-reactive ketones (excluding diaryl/α,β-unsaturated/α-hetero) is 1. The number of pyridine rings is 1. The van der Waals surface area contributed by atoms with E-state index in [1.807, 2.05) is 0 Å². The van der Waals surface area contributed by atoms with Gasteiger partial charge >= 0.3 is 5.97 Å². The normalized spacial score (nSPS) is 14.3. The highest BCUT2D eigenvalue weighted by Crippen LogP contribution is 2.28. The molecule has 0 aliphatic heterocycles. The summed E-state index contributed by atoms with van der Waals surface area (Å²) in [5, 5.41) is 9.12. The summed E-state index contributed by atoms with van der Waals surface area (Å²) < 4.78 is 0. The predicted octanol–water partition coefficient (Wildman–Crippen LogP) is 1.87. The summed E-state index contributed by atoms with van der Waals surface area (Å²) in [5.74, 6) is -1.11. The first-order chi connectivity index (χ1) is 7.58. The summed E-state index contributed by atoms with van der Waals surface area (Å²) in [6.45, 7) is 0. The van der Waals surface area contributed by atoms with Gasteiger partial charge in [0.25, 0.3) is 0 Å². The van der Waals surface area contributed by atoms with Crippen LogP contribution in [0, 0.1) is 0 Å². The van der Waals surface area contributed by atoms with Crippen LogP contribution in [0.5, 0.6) is 0 Å². The van der Waals surface area contributed by atoms with Crippen LogP contribution in [0.4, 0.5) is 0 Å². The highest BCUT2D eigenvalue weighted by Gasteiger charge is 2.20. The Hall–Kier alpha value is -1.68. The minimum Gasteiger partial charge on any atom is -0.481 e. The lowest BCUT2D eigenvalue weighted by atomic mass is 10.0. The zero-order valence-electron chi connectivity index (χ0n) is 8.24. The van der Waals surface area contributed by atoms with Gasteiger partial charge in [0, 0.05) is 17.0 Å². The summed E-state index contributed by atoms with van der Waals surface area (Å²) in [4.78, 5) is 26.1. The zero-order chi connectivity index (χ0) is 11.7. The maximum absolute atomic E-state index is 11.6. The van der Waals surface area contributed by atoms with Crippen LogP contribution in [-0.4, -0.2) is 21.8 Å². The van der Waals surface area contributed by atoms with Gasteiger partial charge in [-0.3, -0.25) is 9.59 Å². The Morgan fingerprint density at radius 3 is 2.94 bits per heavy atom. The lowest BCUT2D eigenvalue weighted by Crippen LogP contribution is -2.12. The van der Waals surface area contributed by atoms with Crippen molar-refractivity contribution in [2.75, 3.05) is 0 Å². The molecule has 1 aliphatic carbocycles. The van der Waals surface area contributed by atoms with E-state index in [0.717, 1.165) is 0 Å². The Morgan fingerprint density at radius 2 is 2.25 bits per heavy atom. The minimum absolute atomic E-state index is 0.133. The molecule has 4 nitrogen and oxygen atoms in total. The molecule has 1 aromatic heterocycles. The van der Waals surface area contributed by atoms with E-state index in [9.17, 15) is 9.59 Å². The first-order valence-corrected chi connectivity index (χ1v) is 5.06. The molecule has 1 heterocycles. The summed E-state index contributed by atoms with van der Waals surface area (Å²) in [6, 6.07) is 3.21. The molecule has 0 saturated heterocycles. The van der Waals surface area contributed by atoms with E-state index in [1.165, 1.54) is 0 Å². The van der Waals surface area contributed by atoms with Gasteiger partial charge in [-0.05, 0) is 12.1 Å². The highest BCUT2D eigenvalue weighted by molar-refractivity contribution is 6.49. The third-order valence-electron chi connectivity index (χ3n) is 2.27. The van der Waals surface area contributed by atoms with Crippen molar-refractivity contribution in [1.82, 2.24) is 4.98 Å². The number of nitrogens with zero attached hydrogens (tertiary/aromatic N) is 1. The summed E-state index contributed by atoms with van der Waals surface area (Å²) in [5.41, 5.74) is 1.21. The molecule has 0 bridgehead atoms. The number of rotatable bonds is 2. The standard InChI is InChI=1S/C11H8ClNO3/c12-8-3-4-9(14)11-7(8)2-1-6(13-11)5-10(15)16/h1-3H,4-5H2,(H,15,16). The second kappa shape index (κ2) is 4.06. The Balaban J connectivity index is 2.45. The number of carboxylic acids is 1. The van der Waals surface area contributed by atoms with Crippen molar-refractivity contribution in [3.05, 3.63) is 35.2 Å². The number of carboxylic acid groups (broad SMARTS) is 1. The number of hydrogen-bond donors (Lipinski definition) is 1. The van der Waals surface area contributed by atoms with E-state index in [-0.39, 0.29) is 24.3 Å². The van der Waals surface area contributed by atoms with Crippen molar-refractivity contribution in [1.29, 1.82) is 0 Å². The second-order valence-corrected chi connectivity index (χ2v) is 3.86. The molecule has 0 saturated carbocycles. The average Bonchev–Trinajstić information content (AvgIpc) is 2.23. The third kappa shape index (κ3) is 1.97. The quantitative estimate of drug-likeness (QED) is 0.853. The van der Waals surface area contributed by atoms with Gasteiger partial charge in [-0.25, -0.2) is 4.98 Å². The summed E-state index contributed by atoms with van der Waals surface area (Å²) in [6.07, 6.45) is 1.65. The molecule has 0 spiro atoms. The van der Waals surface area contributed by atoms with Crippen LogP contribution < -0.4 is 0 Å². The van der Waals surface area contributed by atoms with Gasteiger partial charge in [-0.15, -0.1) is 0 Å². The number of aliphatic carboxylic acids is 1. The number of aromatic nitrogens is 1. The first kappa shape index (κ1) is 10.8. The number of fused-ring (bicyclic) bond motifs is 1. The Labute approximate surface area is 96.6 Å². The molecule has 0 radical (unpaired) electrons. The molecule has 2 rings (SSSR count). The molecule has 5 heteroatoms. The van der Waals surface area contributed by atoms with E-state index >= 15 is 0 Å². The molecular weight excluding hydrogens is 230 g/mol. The Bertz CT molecular complexity index is 508. The van der Waals surface area contributed by atoms with Crippen molar-refractivity contribution >= 4 is 28.4 Å². The van der Waals surface area contributed by atoms with Crippen LogP contribution in [-0.2, 0) is 11.2 Å². The highest BCUT2D eigenvalue weighted by atomic mass is 35.5. The van der Waals surface area contributed by atoms with Crippen molar-refractivity contribution < 1.29 is 14.7 Å². The monoisotopic (exact) mass is 237 g/mol. The van der Waals surface area contributed by atoms with E-state index in [0.29, 0.717) is 16.3 Å². The van der Waals surface area contributed by atoms with Crippen LogP contribution in [0.25, 0.3) is 5.03 Å². The molecule has 16 heavy (non-hydrogen) atoms. The molecule has 0 fully saturated rings. The zero-order valence-corrected chi connectivity index (χ0v) is 8.99. The number of hydrogen-bond acceptors (Lipinski definition) is 3. The fraction of sp³-hybridized carbons (Fsp3) is 0.182. The number of halogens is 1. The van der Waals surface area contributed by atoms with Crippen molar-refractivity contribution in [3.63, 3.8) is 0 Å². The number of carbonyl (C=O) groups is 2.